The zero-order valence-corrected chi connectivity index (χ0v) is 16.0. The number of amides is 2. The van der Waals surface area contributed by atoms with Crippen molar-refractivity contribution < 1.29 is 9.59 Å². The van der Waals surface area contributed by atoms with E-state index in [1.807, 2.05) is 46.2 Å². The summed E-state index contributed by atoms with van der Waals surface area (Å²) in [4.78, 5) is 35.6. The Hall–Kier alpha value is -2.89. The summed E-state index contributed by atoms with van der Waals surface area (Å²) in [5.74, 6) is 0.972. The van der Waals surface area contributed by atoms with Gasteiger partial charge in [-0.05, 0) is 24.1 Å². The van der Waals surface area contributed by atoms with Crippen molar-refractivity contribution in [2.24, 2.45) is 5.92 Å². The molecule has 2 amide bonds. The normalized spacial score (nSPS) is 19.9. The fourth-order valence-electron chi connectivity index (χ4n) is 4.02. The number of anilines is 1. The third kappa shape index (κ3) is 4.16. The summed E-state index contributed by atoms with van der Waals surface area (Å²) in [6.45, 7) is 4.15. The zero-order chi connectivity index (χ0) is 19.3. The van der Waals surface area contributed by atoms with E-state index in [9.17, 15) is 9.59 Å². The summed E-state index contributed by atoms with van der Waals surface area (Å²) in [6, 6.07) is 16.0. The molecule has 146 valence electrons. The molecule has 4 rings (SSSR count). The summed E-state index contributed by atoms with van der Waals surface area (Å²) >= 11 is 0. The van der Waals surface area contributed by atoms with Gasteiger partial charge in [-0.15, -0.1) is 0 Å². The third-order valence-electron chi connectivity index (χ3n) is 5.64. The number of aromatic nitrogens is 1. The van der Waals surface area contributed by atoms with Gasteiger partial charge in [-0.3, -0.25) is 9.59 Å². The Labute approximate surface area is 165 Å². The first-order valence-corrected chi connectivity index (χ1v) is 9.97. The van der Waals surface area contributed by atoms with Gasteiger partial charge >= 0.3 is 0 Å². The van der Waals surface area contributed by atoms with Crippen molar-refractivity contribution in [3.8, 4) is 0 Å². The van der Waals surface area contributed by atoms with Crippen LogP contribution in [0.3, 0.4) is 0 Å². The van der Waals surface area contributed by atoms with E-state index in [1.165, 1.54) is 5.56 Å². The van der Waals surface area contributed by atoms with Crippen molar-refractivity contribution >= 4 is 17.6 Å². The summed E-state index contributed by atoms with van der Waals surface area (Å²) in [5.41, 5.74) is 1.22. The Kier molecular flexibility index (Phi) is 5.55. The molecule has 0 radical (unpaired) electrons. The first-order valence-electron chi connectivity index (χ1n) is 9.97. The number of hydrogen-bond donors (Lipinski definition) is 0. The molecular weight excluding hydrogens is 352 g/mol. The lowest BCUT2D eigenvalue weighted by Gasteiger charge is -2.36. The fourth-order valence-corrected chi connectivity index (χ4v) is 4.02. The van der Waals surface area contributed by atoms with Gasteiger partial charge in [-0.1, -0.05) is 36.4 Å². The van der Waals surface area contributed by atoms with Crippen LogP contribution < -0.4 is 4.90 Å². The van der Waals surface area contributed by atoms with Crippen LogP contribution in [0.2, 0.25) is 0 Å². The summed E-state index contributed by atoms with van der Waals surface area (Å²) in [5, 5.41) is 0. The van der Waals surface area contributed by atoms with Crippen molar-refractivity contribution in [3.63, 3.8) is 0 Å². The highest BCUT2D eigenvalue weighted by molar-refractivity contribution is 5.89. The van der Waals surface area contributed by atoms with Crippen LogP contribution in [0.5, 0.6) is 0 Å². The van der Waals surface area contributed by atoms with E-state index in [-0.39, 0.29) is 17.7 Å². The molecule has 1 atom stereocenters. The molecule has 2 aliphatic heterocycles. The average molecular weight is 378 g/mol. The molecule has 1 aromatic heterocycles. The van der Waals surface area contributed by atoms with E-state index in [1.54, 1.807) is 6.20 Å². The van der Waals surface area contributed by atoms with Crippen molar-refractivity contribution in [3.05, 3.63) is 60.3 Å². The predicted octanol–water partition coefficient (Wildman–Crippen LogP) is 1.82. The molecular formula is C22H26N4O2. The van der Waals surface area contributed by atoms with E-state index in [0.29, 0.717) is 32.6 Å². The van der Waals surface area contributed by atoms with Gasteiger partial charge in [0.05, 0.1) is 5.92 Å². The Morgan fingerprint density at radius 3 is 2.46 bits per heavy atom. The first-order chi connectivity index (χ1) is 13.7. The Balaban J connectivity index is 1.28. The predicted molar refractivity (Wildman–Crippen MR) is 108 cm³/mol. The lowest BCUT2D eigenvalue weighted by molar-refractivity contribution is -0.136. The number of carbonyl (C=O) groups excluding carboxylic acids is 2. The molecule has 28 heavy (non-hydrogen) atoms. The number of hydrogen-bond acceptors (Lipinski definition) is 4. The molecule has 0 aliphatic carbocycles. The smallest absolute Gasteiger partial charge is 0.228 e. The van der Waals surface area contributed by atoms with Crippen molar-refractivity contribution in [2.45, 2.75) is 12.8 Å². The number of likely N-dealkylation sites (tertiary alicyclic amines) is 1. The van der Waals surface area contributed by atoms with Crippen LogP contribution >= 0.6 is 0 Å². The highest BCUT2D eigenvalue weighted by Crippen LogP contribution is 2.22. The van der Waals surface area contributed by atoms with Gasteiger partial charge in [0.2, 0.25) is 11.8 Å². The van der Waals surface area contributed by atoms with Gasteiger partial charge in [0.1, 0.15) is 5.82 Å². The van der Waals surface area contributed by atoms with Crippen LogP contribution in [0.15, 0.2) is 54.7 Å². The average Bonchev–Trinajstić information content (AvgIpc) is 3.14. The van der Waals surface area contributed by atoms with Crippen LogP contribution in [0, 0.1) is 5.92 Å². The molecule has 2 fully saturated rings. The van der Waals surface area contributed by atoms with Crippen LogP contribution in [0.4, 0.5) is 5.82 Å². The minimum atomic E-state index is -0.204. The molecule has 0 spiro atoms. The SMILES string of the molecule is O=C1C[C@H](C(=O)N2CCN(c3ccccn3)CC2)CN1CCc1ccccc1. The van der Waals surface area contributed by atoms with Gasteiger partial charge in [0, 0.05) is 51.9 Å². The molecule has 1 aromatic carbocycles. The van der Waals surface area contributed by atoms with E-state index in [0.717, 1.165) is 25.3 Å². The standard InChI is InChI=1S/C22H26N4O2/c27-21-16-19(17-26(21)11-9-18-6-2-1-3-7-18)22(28)25-14-12-24(13-15-25)20-8-4-5-10-23-20/h1-8,10,19H,9,11-17H2/t19-/m0/s1. The highest BCUT2D eigenvalue weighted by Gasteiger charge is 2.37. The Morgan fingerprint density at radius 2 is 1.75 bits per heavy atom. The summed E-state index contributed by atoms with van der Waals surface area (Å²) < 4.78 is 0. The minimum Gasteiger partial charge on any atom is -0.353 e. The fraction of sp³-hybridized carbons (Fsp3) is 0.409. The van der Waals surface area contributed by atoms with Gasteiger partial charge in [-0.25, -0.2) is 4.98 Å². The Bertz CT molecular complexity index is 804. The van der Waals surface area contributed by atoms with Gasteiger partial charge in [0.25, 0.3) is 0 Å². The molecule has 0 saturated carbocycles. The van der Waals surface area contributed by atoms with E-state index in [4.69, 9.17) is 0 Å². The second-order valence-electron chi connectivity index (χ2n) is 7.48. The monoisotopic (exact) mass is 378 g/mol. The van der Waals surface area contributed by atoms with Gasteiger partial charge in [-0.2, -0.15) is 0 Å². The molecule has 0 bridgehead atoms. The maximum Gasteiger partial charge on any atom is 0.228 e. The molecule has 2 aromatic rings. The van der Waals surface area contributed by atoms with Crippen LogP contribution in [0.25, 0.3) is 0 Å². The number of piperazine rings is 1. The Morgan fingerprint density at radius 1 is 1.00 bits per heavy atom. The van der Waals surface area contributed by atoms with Gasteiger partial charge in [0.15, 0.2) is 0 Å². The number of benzene rings is 1. The van der Waals surface area contributed by atoms with Gasteiger partial charge < -0.3 is 14.7 Å². The van der Waals surface area contributed by atoms with Crippen LogP contribution in [0.1, 0.15) is 12.0 Å². The van der Waals surface area contributed by atoms with Crippen molar-refractivity contribution in [2.75, 3.05) is 44.2 Å². The number of nitrogens with zero attached hydrogens (tertiary/aromatic N) is 4. The number of pyridine rings is 1. The van der Waals surface area contributed by atoms with E-state index < -0.39 is 0 Å². The second kappa shape index (κ2) is 8.42. The maximum atomic E-state index is 12.9. The van der Waals surface area contributed by atoms with Crippen molar-refractivity contribution in [1.29, 1.82) is 0 Å². The minimum absolute atomic E-state index is 0.0985. The summed E-state index contributed by atoms with van der Waals surface area (Å²) in [7, 11) is 0. The molecule has 0 unspecified atom stereocenters. The first kappa shape index (κ1) is 18.5. The topological polar surface area (TPSA) is 56.8 Å². The van der Waals surface area contributed by atoms with Crippen LogP contribution in [-0.4, -0.2) is 65.9 Å². The molecule has 0 N–H and O–H groups in total. The molecule has 6 heteroatoms. The molecule has 2 saturated heterocycles. The number of rotatable bonds is 5. The molecule has 6 nitrogen and oxygen atoms in total. The van der Waals surface area contributed by atoms with Crippen molar-refractivity contribution in [1.82, 2.24) is 14.8 Å². The maximum absolute atomic E-state index is 12.9. The quantitative estimate of drug-likeness (QED) is 0.796. The highest BCUT2D eigenvalue weighted by atomic mass is 16.2. The largest absolute Gasteiger partial charge is 0.353 e. The van der Waals surface area contributed by atoms with E-state index in [2.05, 4.69) is 22.0 Å². The second-order valence-corrected chi connectivity index (χ2v) is 7.48. The van der Waals surface area contributed by atoms with Crippen LogP contribution in [-0.2, 0) is 16.0 Å². The number of carbonyl (C=O) groups is 2. The lowest BCUT2D eigenvalue weighted by Crippen LogP contribution is -2.51. The molecule has 2 aliphatic rings. The summed E-state index contributed by atoms with van der Waals surface area (Å²) in [6.07, 6.45) is 2.96. The molecule has 3 heterocycles. The third-order valence-corrected chi connectivity index (χ3v) is 5.64. The lowest BCUT2D eigenvalue weighted by atomic mass is 10.1. The zero-order valence-electron chi connectivity index (χ0n) is 16.0. The van der Waals surface area contributed by atoms with E-state index >= 15 is 0 Å².